The zero-order valence-electron chi connectivity index (χ0n) is 12.9. The Kier molecular flexibility index (Phi) is 4.41. The van der Waals surface area contributed by atoms with E-state index in [0.29, 0.717) is 17.5 Å². The van der Waals surface area contributed by atoms with Crippen LogP contribution in [0.15, 0.2) is 28.8 Å². The Morgan fingerprint density at radius 3 is 2.95 bits per heavy atom. The standard InChI is InChI=1S/C17H21ClN2O2/c1-11(2)14-9-17(22-19-14)15-4-3-7-20(15)10-12-8-13(18)5-6-16(12)21/h5-6,8-9,11,15,21H,3-4,7,10H2,1-2H3. The van der Waals surface area contributed by atoms with E-state index < -0.39 is 0 Å². The first-order valence-electron chi connectivity index (χ1n) is 7.72. The molecule has 22 heavy (non-hydrogen) atoms. The molecular formula is C17H21ClN2O2. The largest absolute Gasteiger partial charge is 0.508 e. The molecule has 2 aromatic rings. The van der Waals surface area contributed by atoms with Crippen LogP contribution in [0.5, 0.6) is 5.75 Å². The maximum atomic E-state index is 10.0. The second-order valence-corrected chi connectivity index (χ2v) is 6.65. The highest BCUT2D eigenvalue weighted by molar-refractivity contribution is 6.30. The summed E-state index contributed by atoms with van der Waals surface area (Å²) in [5.74, 6) is 1.57. The van der Waals surface area contributed by atoms with Crippen molar-refractivity contribution in [1.82, 2.24) is 10.1 Å². The van der Waals surface area contributed by atoms with Crippen LogP contribution in [0.2, 0.25) is 5.02 Å². The lowest BCUT2D eigenvalue weighted by Crippen LogP contribution is -2.22. The molecule has 0 bridgehead atoms. The number of hydrogen-bond donors (Lipinski definition) is 1. The van der Waals surface area contributed by atoms with Gasteiger partial charge in [0.05, 0.1) is 11.7 Å². The van der Waals surface area contributed by atoms with Crippen molar-refractivity contribution in [3.8, 4) is 5.75 Å². The predicted octanol–water partition coefficient (Wildman–Crippen LogP) is 4.49. The first-order chi connectivity index (χ1) is 10.5. The Labute approximate surface area is 135 Å². The molecule has 0 amide bonds. The maximum Gasteiger partial charge on any atom is 0.154 e. The van der Waals surface area contributed by atoms with E-state index in [1.54, 1.807) is 12.1 Å². The van der Waals surface area contributed by atoms with Gasteiger partial charge in [0.1, 0.15) is 5.75 Å². The van der Waals surface area contributed by atoms with Crippen molar-refractivity contribution in [2.45, 2.75) is 45.2 Å². The normalized spacial score (nSPS) is 19.2. The summed E-state index contributed by atoms with van der Waals surface area (Å²) >= 11 is 6.04. The second kappa shape index (κ2) is 6.31. The average Bonchev–Trinajstić information content (AvgIpc) is 3.11. The summed E-state index contributed by atoms with van der Waals surface area (Å²) in [4.78, 5) is 2.32. The summed E-state index contributed by atoms with van der Waals surface area (Å²) in [7, 11) is 0. The van der Waals surface area contributed by atoms with Gasteiger partial charge in [0, 0.05) is 23.2 Å². The van der Waals surface area contributed by atoms with Crippen molar-refractivity contribution in [3.63, 3.8) is 0 Å². The van der Waals surface area contributed by atoms with Crippen LogP contribution in [0.3, 0.4) is 0 Å². The molecular weight excluding hydrogens is 300 g/mol. The number of aromatic nitrogens is 1. The fourth-order valence-electron chi connectivity index (χ4n) is 2.97. The first-order valence-corrected chi connectivity index (χ1v) is 8.10. The third kappa shape index (κ3) is 3.13. The summed E-state index contributed by atoms with van der Waals surface area (Å²) in [5.41, 5.74) is 1.84. The maximum absolute atomic E-state index is 10.0. The van der Waals surface area contributed by atoms with Gasteiger partial charge in [-0.05, 0) is 43.5 Å². The Balaban J connectivity index is 1.79. The fraction of sp³-hybridized carbons (Fsp3) is 0.471. The lowest BCUT2D eigenvalue weighted by molar-refractivity contribution is 0.204. The monoisotopic (exact) mass is 320 g/mol. The van der Waals surface area contributed by atoms with Gasteiger partial charge < -0.3 is 9.63 Å². The fourth-order valence-corrected chi connectivity index (χ4v) is 3.16. The predicted molar refractivity (Wildman–Crippen MR) is 86.1 cm³/mol. The van der Waals surface area contributed by atoms with Crippen LogP contribution in [0, 0.1) is 0 Å². The SMILES string of the molecule is CC(C)c1cc(C2CCCN2Cc2cc(Cl)ccc2O)on1. The van der Waals surface area contributed by atoms with Crippen LogP contribution < -0.4 is 0 Å². The molecule has 1 saturated heterocycles. The molecule has 1 atom stereocenters. The van der Waals surface area contributed by atoms with Crippen LogP contribution in [-0.4, -0.2) is 21.7 Å². The number of halogens is 1. The Morgan fingerprint density at radius 2 is 2.23 bits per heavy atom. The highest BCUT2D eigenvalue weighted by Gasteiger charge is 2.30. The Hall–Kier alpha value is -1.52. The molecule has 2 heterocycles. The van der Waals surface area contributed by atoms with E-state index in [0.717, 1.165) is 36.4 Å². The van der Waals surface area contributed by atoms with Gasteiger partial charge in [0.25, 0.3) is 0 Å². The number of nitrogens with zero attached hydrogens (tertiary/aromatic N) is 2. The highest BCUT2D eigenvalue weighted by atomic mass is 35.5. The average molecular weight is 321 g/mol. The molecule has 0 spiro atoms. The lowest BCUT2D eigenvalue weighted by atomic mass is 10.1. The zero-order valence-corrected chi connectivity index (χ0v) is 13.7. The van der Waals surface area contributed by atoms with Gasteiger partial charge in [-0.15, -0.1) is 0 Å². The molecule has 1 unspecified atom stereocenters. The topological polar surface area (TPSA) is 49.5 Å². The molecule has 3 rings (SSSR count). The van der Waals surface area contributed by atoms with E-state index in [4.69, 9.17) is 16.1 Å². The highest BCUT2D eigenvalue weighted by Crippen LogP contribution is 2.35. The van der Waals surface area contributed by atoms with Crippen molar-refractivity contribution >= 4 is 11.6 Å². The van der Waals surface area contributed by atoms with E-state index in [9.17, 15) is 5.11 Å². The van der Waals surface area contributed by atoms with Gasteiger partial charge >= 0.3 is 0 Å². The van der Waals surface area contributed by atoms with Crippen molar-refractivity contribution in [2.75, 3.05) is 6.54 Å². The Morgan fingerprint density at radius 1 is 1.41 bits per heavy atom. The van der Waals surface area contributed by atoms with Gasteiger partial charge in [0.15, 0.2) is 5.76 Å². The molecule has 0 saturated carbocycles. The lowest BCUT2D eigenvalue weighted by Gasteiger charge is -2.22. The summed E-state index contributed by atoms with van der Waals surface area (Å²) in [5, 5.41) is 14.8. The summed E-state index contributed by atoms with van der Waals surface area (Å²) in [6.07, 6.45) is 2.16. The van der Waals surface area contributed by atoms with E-state index in [-0.39, 0.29) is 11.8 Å². The van der Waals surface area contributed by atoms with Crippen LogP contribution >= 0.6 is 11.6 Å². The summed E-state index contributed by atoms with van der Waals surface area (Å²) in [6.45, 7) is 5.86. The molecule has 0 aliphatic carbocycles. The summed E-state index contributed by atoms with van der Waals surface area (Å²) in [6, 6.07) is 7.46. The van der Waals surface area contributed by atoms with Crippen molar-refractivity contribution in [1.29, 1.82) is 0 Å². The number of hydrogen-bond acceptors (Lipinski definition) is 4. The number of phenolic OH excluding ortho intramolecular Hbond substituents is 1. The third-order valence-electron chi connectivity index (χ3n) is 4.25. The number of aromatic hydroxyl groups is 1. The molecule has 1 aromatic carbocycles. The Bertz CT molecular complexity index is 654. The molecule has 4 nitrogen and oxygen atoms in total. The van der Waals surface area contributed by atoms with Crippen molar-refractivity contribution < 1.29 is 9.63 Å². The minimum Gasteiger partial charge on any atom is -0.508 e. The second-order valence-electron chi connectivity index (χ2n) is 6.21. The molecule has 0 radical (unpaired) electrons. The minimum atomic E-state index is 0.221. The zero-order chi connectivity index (χ0) is 15.7. The molecule has 1 N–H and O–H groups in total. The molecule has 1 aliphatic rings. The van der Waals surface area contributed by atoms with Crippen molar-refractivity contribution in [2.24, 2.45) is 0 Å². The van der Waals surface area contributed by atoms with Gasteiger partial charge in [-0.25, -0.2) is 0 Å². The van der Waals surface area contributed by atoms with Crippen LogP contribution in [-0.2, 0) is 6.54 Å². The van der Waals surface area contributed by atoms with E-state index in [1.165, 1.54) is 0 Å². The third-order valence-corrected chi connectivity index (χ3v) is 4.48. The first kappa shape index (κ1) is 15.4. The quantitative estimate of drug-likeness (QED) is 0.901. The molecule has 118 valence electrons. The molecule has 1 fully saturated rings. The number of phenols is 1. The molecule has 1 aromatic heterocycles. The van der Waals surface area contributed by atoms with E-state index >= 15 is 0 Å². The van der Waals surface area contributed by atoms with Crippen LogP contribution in [0.4, 0.5) is 0 Å². The minimum absolute atomic E-state index is 0.221. The molecule has 1 aliphatic heterocycles. The van der Waals surface area contributed by atoms with E-state index in [1.807, 2.05) is 6.07 Å². The van der Waals surface area contributed by atoms with Gasteiger partial charge in [-0.2, -0.15) is 0 Å². The van der Waals surface area contributed by atoms with Gasteiger partial charge in [-0.3, -0.25) is 4.90 Å². The summed E-state index contributed by atoms with van der Waals surface area (Å²) < 4.78 is 5.55. The number of rotatable bonds is 4. The smallest absolute Gasteiger partial charge is 0.154 e. The number of benzene rings is 1. The number of likely N-dealkylation sites (tertiary alicyclic amines) is 1. The van der Waals surface area contributed by atoms with Crippen LogP contribution in [0.25, 0.3) is 0 Å². The van der Waals surface area contributed by atoms with Crippen LogP contribution in [0.1, 0.15) is 55.7 Å². The van der Waals surface area contributed by atoms with Gasteiger partial charge in [-0.1, -0.05) is 30.6 Å². The van der Waals surface area contributed by atoms with E-state index in [2.05, 4.69) is 30.0 Å². The van der Waals surface area contributed by atoms with Gasteiger partial charge in [0.2, 0.25) is 0 Å². The van der Waals surface area contributed by atoms with Crippen molar-refractivity contribution in [3.05, 3.63) is 46.3 Å². The molecule has 5 heteroatoms.